The first-order valence-electron chi connectivity index (χ1n) is 9.88. The second kappa shape index (κ2) is 8.43. The van der Waals surface area contributed by atoms with Gasteiger partial charge in [0.25, 0.3) is 12.3 Å². The monoisotopic (exact) mass is 541 g/mol. The molecule has 0 aliphatic carbocycles. The molecule has 2 aromatic carbocycles. The molecule has 1 atom stereocenters. The molecule has 36 heavy (non-hydrogen) atoms. The number of nitrogens with one attached hydrogen (secondary N) is 1. The summed E-state index contributed by atoms with van der Waals surface area (Å²) in [6.45, 7) is 1.46. The predicted molar refractivity (Wildman–Crippen MR) is 115 cm³/mol. The fraction of sp³-hybridized carbons (Fsp3) is 0.190. The third-order valence-electron chi connectivity index (χ3n) is 4.93. The van der Waals surface area contributed by atoms with Gasteiger partial charge in [0.15, 0.2) is 0 Å². The normalized spacial score (nSPS) is 14.6. The molecule has 7 nitrogen and oxygen atoms in total. The summed E-state index contributed by atoms with van der Waals surface area (Å²) in [5, 5.41) is 14.9. The lowest BCUT2D eigenvalue weighted by molar-refractivity contribution is 0.0696. The van der Waals surface area contributed by atoms with Crippen LogP contribution in [0.4, 0.5) is 28.2 Å². The number of amides is 1. The van der Waals surface area contributed by atoms with Crippen LogP contribution < -0.4 is 10.1 Å². The molecule has 1 unspecified atom stereocenters. The van der Waals surface area contributed by atoms with Crippen molar-refractivity contribution in [3.05, 3.63) is 70.9 Å². The lowest BCUT2D eigenvalue weighted by atomic mass is 10.1. The first-order valence-corrected chi connectivity index (χ1v) is 11.8. The largest absolute Gasteiger partial charge is 0.478 e. The van der Waals surface area contributed by atoms with Gasteiger partial charge in [-0.15, -0.1) is 0 Å². The molecule has 1 amide bonds. The van der Waals surface area contributed by atoms with Crippen LogP contribution in [0.25, 0.3) is 0 Å². The molecule has 1 heterocycles. The number of carbonyl (C=O) groups is 2. The molecule has 0 radical (unpaired) electrons. The smallest absolute Gasteiger partial charge is 0.335 e. The molecule has 0 bridgehead atoms. The maximum Gasteiger partial charge on any atom is 0.335 e. The van der Waals surface area contributed by atoms with E-state index in [0.717, 1.165) is 13.1 Å². The highest BCUT2D eigenvalue weighted by Crippen LogP contribution is 3.02. The van der Waals surface area contributed by atoms with Crippen molar-refractivity contribution in [1.29, 1.82) is 0 Å². The first-order chi connectivity index (χ1) is 16.4. The Hall–Kier alpha value is -3.75. The van der Waals surface area contributed by atoms with E-state index in [9.17, 15) is 37.8 Å². The van der Waals surface area contributed by atoms with Crippen LogP contribution in [-0.4, -0.2) is 26.8 Å². The molecule has 0 fully saturated rings. The van der Waals surface area contributed by atoms with Crippen LogP contribution in [0.5, 0.6) is 11.6 Å². The third kappa shape index (κ3) is 5.90. The van der Waals surface area contributed by atoms with Crippen molar-refractivity contribution in [2.24, 2.45) is 7.05 Å². The summed E-state index contributed by atoms with van der Waals surface area (Å²) >= 11 is 0. The summed E-state index contributed by atoms with van der Waals surface area (Å²) in [6, 6.07) is 6.08. The number of aromatic nitrogens is 2. The Balaban J connectivity index is 1.96. The minimum absolute atomic E-state index is 0.00901. The highest BCUT2D eigenvalue weighted by molar-refractivity contribution is 8.45. The molecule has 3 aromatic rings. The molecule has 3 rings (SSSR count). The number of aromatic carboxylic acids is 1. The number of nitrogens with zero attached hydrogens (tertiary/aromatic N) is 2. The number of hydrogen-bond acceptors (Lipinski definition) is 4. The number of rotatable bonds is 8. The van der Waals surface area contributed by atoms with Crippen LogP contribution >= 0.6 is 10.2 Å². The summed E-state index contributed by atoms with van der Waals surface area (Å²) in [5.74, 6) is -3.84. The van der Waals surface area contributed by atoms with Crippen LogP contribution in [0.3, 0.4) is 0 Å². The number of ether oxygens (including phenoxy) is 1. The van der Waals surface area contributed by atoms with Gasteiger partial charge in [0, 0.05) is 13.1 Å². The first kappa shape index (κ1) is 26.8. The van der Waals surface area contributed by atoms with Crippen molar-refractivity contribution in [3.8, 4) is 11.6 Å². The SMILES string of the molecule is CC(NC(=O)c1c(C(F)F)nn(C)c1Oc1cccc(S(F)(F)(F)(F)F)c1)c1ccc(C(=O)O)cc1. The maximum atomic E-state index is 13.6. The van der Waals surface area contributed by atoms with Gasteiger partial charge < -0.3 is 15.2 Å². The molecule has 0 saturated carbocycles. The van der Waals surface area contributed by atoms with Crippen LogP contribution in [0, 0.1) is 0 Å². The molecule has 1 aromatic heterocycles. The van der Waals surface area contributed by atoms with E-state index in [1.54, 1.807) is 0 Å². The summed E-state index contributed by atoms with van der Waals surface area (Å²) in [6.07, 6.45) is -3.30. The molecule has 15 heteroatoms. The number of halogens is 7. The molecule has 0 saturated heterocycles. The standard InChI is InChI=1S/C21H18F7N3O4S/c1-11(12-6-8-13(9-7-12)21(33)34)29-19(32)16-17(18(22)23)30-31(2)20(16)35-14-4-3-5-15(10-14)36(24,25,26,27)28/h3-11,18H,1-2H3,(H,29,32)(H,33,34). The average Bonchev–Trinajstić information content (AvgIpc) is 3.09. The Morgan fingerprint density at radius 3 is 2.19 bits per heavy atom. The second-order valence-corrected chi connectivity index (χ2v) is 10.1. The van der Waals surface area contributed by atoms with Gasteiger partial charge >= 0.3 is 16.2 Å². The topological polar surface area (TPSA) is 93.5 Å². The molecule has 196 valence electrons. The van der Waals surface area contributed by atoms with E-state index >= 15 is 0 Å². The van der Waals surface area contributed by atoms with Crippen molar-refractivity contribution in [3.63, 3.8) is 0 Å². The highest BCUT2D eigenvalue weighted by atomic mass is 32.5. The molecular weight excluding hydrogens is 523 g/mol. The van der Waals surface area contributed by atoms with Gasteiger partial charge in [-0.05, 0) is 36.8 Å². The molecule has 0 aliphatic rings. The molecule has 2 N–H and O–H groups in total. The molecule has 0 spiro atoms. The summed E-state index contributed by atoms with van der Waals surface area (Å²) in [5.41, 5.74) is -1.50. The third-order valence-corrected chi connectivity index (χ3v) is 6.07. The minimum atomic E-state index is -10.1. The van der Waals surface area contributed by atoms with Crippen LogP contribution in [0.2, 0.25) is 0 Å². The fourth-order valence-electron chi connectivity index (χ4n) is 3.17. The second-order valence-electron chi connectivity index (χ2n) is 7.66. The summed E-state index contributed by atoms with van der Waals surface area (Å²) in [7, 11) is -9.00. The zero-order valence-electron chi connectivity index (χ0n) is 18.4. The number of carbonyl (C=O) groups excluding carboxylic acids is 1. The lowest BCUT2D eigenvalue weighted by Crippen LogP contribution is -2.27. The van der Waals surface area contributed by atoms with E-state index in [-0.39, 0.29) is 17.7 Å². The number of aryl methyl sites for hydroxylation is 1. The van der Waals surface area contributed by atoms with Gasteiger partial charge in [-0.1, -0.05) is 37.6 Å². The highest BCUT2D eigenvalue weighted by Gasteiger charge is 2.65. The number of hydrogen-bond donors (Lipinski definition) is 2. The Morgan fingerprint density at radius 2 is 1.67 bits per heavy atom. The van der Waals surface area contributed by atoms with Gasteiger partial charge in [0.05, 0.1) is 11.6 Å². The van der Waals surface area contributed by atoms with Crippen molar-refractivity contribution in [2.75, 3.05) is 0 Å². The minimum Gasteiger partial charge on any atom is -0.478 e. The van der Waals surface area contributed by atoms with Gasteiger partial charge in [-0.25, -0.2) is 18.3 Å². The average molecular weight is 541 g/mol. The Labute approximate surface area is 199 Å². The van der Waals surface area contributed by atoms with Crippen molar-refractivity contribution in [2.45, 2.75) is 24.3 Å². The maximum absolute atomic E-state index is 13.6. The Morgan fingerprint density at radius 1 is 1.06 bits per heavy atom. The van der Waals surface area contributed by atoms with Crippen molar-refractivity contribution < 1.29 is 47.6 Å². The van der Waals surface area contributed by atoms with Gasteiger partial charge in [0.1, 0.15) is 21.9 Å². The van der Waals surface area contributed by atoms with Gasteiger partial charge in [0.2, 0.25) is 5.88 Å². The molecule has 0 aliphatic heterocycles. The van der Waals surface area contributed by atoms with Gasteiger partial charge in [-0.3, -0.25) is 4.79 Å². The van der Waals surface area contributed by atoms with Gasteiger partial charge in [-0.2, -0.15) is 5.10 Å². The van der Waals surface area contributed by atoms with E-state index < -0.39 is 62.4 Å². The number of carboxylic acids is 1. The van der Waals surface area contributed by atoms with E-state index in [4.69, 9.17) is 9.84 Å². The molecular formula is C21H18F7N3O4S. The van der Waals surface area contributed by atoms with Crippen LogP contribution in [-0.2, 0) is 7.05 Å². The predicted octanol–water partition coefficient (Wildman–Crippen LogP) is 7.00. The van der Waals surface area contributed by atoms with E-state index in [1.165, 1.54) is 31.2 Å². The van der Waals surface area contributed by atoms with E-state index in [2.05, 4.69) is 10.4 Å². The number of benzene rings is 2. The lowest BCUT2D eigenvalue weighted by Gasteiger charge is -2.40. The van der Waals surface area contributed by atoms with E-state index in [1.807, 2.05) is 0 Å². The van der Waals surface area contributed by atoms with Crippen LogP contribution in [0.15, 0.2) is 53.4 Å². The Bertz CT molecular complexity index is 1330. The van der Waals surface area contributed by atoms with Crippen molar-refractivity contribution in [1.82, 2.24) is 15.1 Å². The zero-order chi connectivity index (χ0) is 27.1. The fourth-order valence-corrected chi connectivity index (χ4v) is 3.84. The summed E-state index contributed by atoms with van der Waals surface area (Å²) < 4.78 is 98.9. The Kier molecular flexibility index (Phi) is 6.29. The number of carboxylic acid groups (broad SMARTS) is 1. The zero-order valence-corrected chi connectivity index (χ0v) is 19.2. The van der Waals surface area contributed by atoms with Crippen LogP contribution in [0.1, 0.15) is 51.4 Å². The van der Waals surface area contributed by atoms with E-state index in [0.29, 0.717) is 16.3 Å². The van der Waals surface area contributed by atoms with Crippen molar-refractivity contribution >= 4 is 22.1 Å². The number of alkyl halides is 2. The summed E-state index contributed by atoms with van der Waals surface area (Å²) in [4.78, 5) is 21.6. The quantitative estimate of drug-likeness (QED) is 0.300.